The minimum absolute atomic E-state index is 0.415. The summed E-state index contributed by atoms with van der Waals surface area (Å²) >= 11 is 0.510. The summed E-state index contributed by atoms with van der Waals surface area (Å²) in [6.45, 7) is 0. The molecule has 0 aromatic heterocycles. The van der Waals surface area contributed by atoms with Gasteiger partial charge >= 0.3 is 6.18 Å². The molecule has 0 bridgehead atoms. The summed E-state index contributed by atoms with van der Waals surface area (Å²) < 4.78 is 39.1. The Hall–Kier alpha value is -2.21. The normalized spacial score (nSPS) is 12.0. The van der Waals surface area contributed by atoms with E-state index in [-0.39, 0.29) is 0 Å². The number of hydrogen-bond acceptors (Lipinski definition) is 2. The molecule has 0 radical (unpaired) electrons. The van der Waals surface area contributed by atoms with E-state index in [1.54, 1.807) is 60.7 Å². The van der Waals surface area contributed by atoms with Gasteiger partial charge in [0.2, 0.25) is 5.91 Å². The first kappa shape index (κ1) is 16.2. The van der Waals surface area contributed by atoms with Crippen LogP contribution in [-0.4, -0.2) is 12.1 Å². The lowest BCUT2D eigenvalue weighted by Gasteiger charge is -2.11. The van der Waals surface area contributed by atoms with Crippen molar-refractivity contribution in [2.75, 3.05) is 5.32 Å². The lowest BCUT2D eigenvalue weighted by molar-refractivity contribution is -0.113. The second-order valence-corrected chi connectivity index (χ2v) is 5.39. The first-order valence-electron chi connectivity index (χ1n) is 6.33. The van der Waals surface area contributed by atoms with Crippen molar-refractivity contribution in [3.05, 3.63) is 71.6 Å². The number of benzene rings is 2. The van der Waals surface area contributed by atoms with Gasteiger partial charge in [-0.25, -0.2) is 0 Å². The molecule has 2 aromatic rings. The Labute approximate surface area is 130 Å². The van der Waals surface area contributed by atoms with E-state index in [2.05, 4.69) is 5.32 Å². The Morgan fingerprint density at radius 3 is 2.05 bits per heavy atom. The fourth-order valence-corrected chi connectivity index (χ4v) is 2.43. The number of carbonyl (C=O) groups excluding carboxylic acids is 1. The number of para-hydroxylation sites is 1. The van der Waals surface area contributed by atoms with Crippen molar-refractivity contribution >= 4 is 23.4 Å². The van der Waals surface area contributed by atoms with Gasteiger partial charge in [-0.1, -0.05) is 48.2 Å². The third-order valence-corrected chi connectivity index (χ3v) is 3.63. The molecule has 0 aliphatic rings. The van der Waals surface area contributed by atoms with Crippen LogP contribution in [0.2, 0.25) is 0 Å². The van der Waals surface area contributed by atoms with Crippen LogP contribution in [0.3, 0.4) is 0 Å². The van der Waals surface area contributed by atoms with Gasteiger partial charge in [0, 0.05) is 16.7 Å². The van der Waals surface area contributed by atoms with E-state index in [9.17, 15) is 18.0 Å². The van der Waals surface area contributed by atoms with Gasteiger partial charge in [0.25, 0.3) is 0 Å². The second kappa shape index (κ2) is 7.17. The van der Waals surface area contributed by atoms with E-state index >= 15 is 0 Å². The number of anilines is 1. The third kappa shape index (κ3) is 4.96. The smallest absolute Gasteiger partial charge is 0.322 e. The average molecular weight is 323 g/mol. The van der Waals surface area contributed by atoms with Crippen LogP contribution < -0.4 is 5.32 Å². The van der Waals surface area contributed by atoms with Crippen LogP contribution in [0.1, 0.15) is 0 Å². The average Bonchev–Trinajstić information content (AvgIpc) is 2.48. The quantitative estimate of drug-likeness (QED) is 0.643. The maximum absolute atomic E-state index is 13.0. The molecule has 0 saturated carbocycles. The van der Waals surface area contributed by atoms with Crippen LogP contribution in [0.15, 0.2) is 76.5 Å². The molecule has 0 aliphatic heterocycles. The van der Waals surface area contributed by atoms with Crippen molar-refractivity contribution in [2.24, 2.45) is 0 Å². The molecule has 2 nitrogen and oxygen atoms in total. The van der Waals surface area contributed by atoms with Gasteiger partial charge in [-0.3, -0.25) is 4.79 Å². The summed E-state index contributed by atoms with van der Waals surface area (Å²) in [4.78, 5) is 11.2. The molecule has 0 atom stereocenters. The maximum atomic E-state index is 13.0. The molecule has 2 aromatic carbocycles. The minimum atomic E-state index is -4.59. The Morgan fingerprint density at radius 1 is 0.955 bits per heavy atom. The maximum Gasteiger partial charge on any atom is 0.422 e. The molecule has 0 unspecified atom stereocenters. The van der Waals surface area contributed by atoms with E-state index in [0.29, 0.717) is 28.4 Å². The van der Waals surface area contributed by atoms with E-state index in [4.69, 9.17) is 0 Å². The highest BCUT2D eigenvalue weighted by molar-refractivity contribution is 8.03. The molecule has 114 valence electrons. The predicted molar refractivity (Wildman–Crippen MR) is 81.5 cm³/mol. The van der Waals surface area contributed by atoms with Gasteiger partial charge in [-0.2, -0.15) is 13.2 Å². The molecule has 22 heavy (non-hydrogen) atoms. The van der Waals surface area contributed by atoms with Gasteiger partial charge in [-0.05, 0) is 24.3 Å². The van der Waals surface area contributed by atoms with Crippen molar-refractivity contribution in [1.29, 1.82) is 0 Å². The van der Waals surface area contributed by atoms with Crippen molar-refractivity contribution in [1.82, 2.24) is 0 Å². The monoisotopic (exact) mass is 323 g/mol. The fraction of sp³-hybridized carbons (Fsp3) is 0.0625. The minimum Gasteiger partial charge on any atom is -0.322 e. The zero-order valence-corrected chi connectivity index (χ0v) is 12.1. The Kier molecular flexibility index (Phi) is 5.27. The van der Waals surface area contributed by atoms with Crippen LogP contribution in [0, 0.1) is 0 Å². The largest absolute Gasteiger partial charge is 0.422 e. The highest BCUT2D eigenvalue weighted by Crippen LogP contribution is 2.38. The van der Waals surface area contributed by atoms with Gasteiger partial charge < -0.3 is 5.32 Å². The first-order valence-corrected chi connectivity index (χ1v) is 7.14. The summed E-state index contributed by atoms with van der Waals surface area (Å²) in [5.74, 6) is -0.818. The zero-order chi connectivity index (χ0) is 16.0. The van der Waals surface area contributed by atoms with E-state index in [0.717, 1.165) is 0 Å². The molecule has 0 aliphatic carbocycles. The molecule has 2 rings (SSSR count). The predicted octanol–water partition coefficient (Wildman–Crippen LogP) is 4.86. The Bertz CT molecular complexity index is 654. The van der Waals surface area contributed by atoms with Gasteiger partial charge in [-0.15, -0.1) is 0 Å². The summed E-state index contributed by atoms with van der Waals surface area (Å²) in [5, 5.41) is 2.40. The number of hydrogen-bond donors (Lipinski definition) is 1. The standard InChI is InChI=1S/C16H12F3NOS/c17-16(18,19)14(22-13-9-5-2-6-10-13)11-15(21)20-12-7-3-1-4-8-12/h1-11H,(H,20,21). The van der Waals surface area contributed by atoms with Crippen LogP contribution in [0.4, 0.5) is 18.9 Å². The van der Waals surface area contributed by atoms with E-state index in [1.807, 2.05) is 0 Å². The molecule has 0 heterocycles. The van der Waals surface area contributed by atoms with E-state index in [1.165, 1.54) is 0 Å². The molecule has 6 heteroatoms. The van der Waals surface area contributed by atoms with Crippen molar-refractivity contribution in [3.8, 4) is 0 Å². The van der Waals surface area contributed by atoms with Gasteiger partial charge in [0.15, 0.2) is 0 Å². The van der Waals surface area contributed by atoms with Gasteiger partial charge in [0.1, 0.15) is 0 Å². The highest BCUT2D eigenvalue weighted by Gasteiger charge is 2.35. The van der Waals surface area contributed by atoms with Gasteiger partial charge in [0.05, 0.1) is 4.91 Å². The molecule has 0 saturated heterocycles. The third-order valence-electron chi connectivity index (χ3n) is 2.55. The summed E-state index contributed by atoms with van der Waals surface area (Å²) in [6, 6.07) is 16.4. The summed E-state index contributed by atoms with van der Waals surface area (Å²) in [6.07, 6.45) is -4.01. The second-order valence-electron chi connectivity index (χ2n) is 4.28. The number of amides is 1. The van der Waals surface area contributed by atoms with Crippen LogP contribution in [0.5, 0.6) is 0 Å². The SMILES string of the molecule is O=C(C=C(Sc1ccccc1)C(F)(F)F)Nc1ccccc1. The number of thioether (sulfide) groups is 1. The van der Waals surface area contributed by atoms with Crippen molar-refractivity contribution < 1.29 is 18.0 Å². The Morgan fingerprint density at radius 2 is 1.50 bits per heavy atom. The number of rotatable bonds is 4. The first-order chi connectivity index (χ1) is 10.4. The lowest BCUT2D eigenvalue weighted by atomic mass is 10.3. The molecular weight excluding hydrogens is 311 g/mol. The number of nitrogens with one attached hydrogen (secondary N) is 1. The highest BCUT2D eigenvalue weighted by atomic mass is 32.2. The molecule has 0 fully saturated rings. The number of halogens is 3. The van der Waals surface area contributed by atoms with Crippen molar-refractivity contribution in [2.45, 2.75) is 11.1 Å². The number of carbonyl (C=O) groups is 1. The van der Waals surface area contributed by atoms with Crippen LogP contribution in [-0.2, 0) is 4.79 Å². The molecule has 0 spiro atoms. The number of alkyl halides is 3. The summed E-state index contributed by atoms with van der Waals surface area (Å²) in [5.41, 5.74) is 0.440. The number of allylic oxidation sites excluding steroid dienone is 1. The van der Waals surface area contributed by atoms with Crippen LogP contribution >= 0.6 is 11.8 Å². The van der Waals surface area contributed by atoms with E-state index < -0.39 is 17.0 Å². The zero-order valence-electron chi connectivity index (χ0n) is 11.3. The topological polar surface area (TPSA) is 29.1 Å². The fourth-order valence-electron chi connectivity index (χ4n) is 1.60. The Balaban J connectivity index is 2.16. The van der Waals surface area contributed by atoms with Crippen LogP contribution in [0.25, 0.3) is 0 Å². The van der Waals surface area contributed by atoms with Crippen molar-refractivity contribution in [3.63, 3.8) is 0 Å². The lowest BCUT2D eigenvalue weighted by Crippen LogP contribution is -2.15. The molecule has 1 N–H and O–H groups in total. The molecule has 1 amide bonds. The molecular formula is C16H12F3NOS. The summed E-state index contributed by atoms with van der Waals surface area (Å²) in [7, 11) is 0.